The van der Waals surface area contributed by atoms with E-state index in [2.05, 4.69) is 5.32 Å². The molecule has 1 aromatic rings. The first kappa shape index (κ1) is 15.1. The highest BCUT2D eigenvalue weighted by Gasteiger charge is 2.19. The summed E-state index contributed by atoms with van der Waals surface area (Å²) in [7, 11) is 0. The molecule has 0 aliphatic heterocycles. The fourth-order valence-corrected chi connectivity index (χ4v) is 1.99. The number of hydrogen-bond donors (Lipinski definition) is 1. The summed E-state index contributed by atoms with van der Waals surface area (Å²) in [6, 6.07) is 4.25. The van der Waals surface area contributed by atoms with E-state index in [1.807, 2.05) is 20.8 Å². The highest BCUT2D eigenvalue weighted by Crippen LogP contribution is 2.15. The Kier molecular flexibility index (Phi) is 6.22. The lowest BCUT2D eigenvalue weighted by Gasteiger charge is -2.25. The summed E-state index contributed by atoms with van der Waals surface area (Å²) < 4.78 is 32.3. The summed E-state index contributed by atoms with van der Waals surface area (Å²) in [5.74, 6) is -1.56. The molecule has 0 radical (unpaired) electrons. The zero-order valence-corrected chi connectivity index (χ0v) is 11.2. The van der Waals surface area contributed by atoms with Crippen molar-refractivity contribution in [2.75, 3.05) is 13.2 Å². The molecular weight excluding hydrogens is 236 g/mol. The summed E-state index contributed by atoms with van der Waals surface area (Å²) in [6.07, 6.45) is 0.371. The zero-order valence-electron chi connectivity index (χ0n) is 11.2. The van der Waals surface area contributed by atoms with Crippen molar-refractivity contribution in [2.24, 2.45) is 0 Å². The second-order valence-corrected chi connectivity index (χ2v) is 4.24. The molecule has 1 aromatic carbocycles. The van der Waals surface area contributed by atoms with Gasteiger partial charge >= 0.3 is 0 Å². The third-order valence-electron chi connectivity index (χ3n) is 2.93. The molecule has 0 fully saturated rings. The molecule has 0 heterocycles. The van der Waals surface area contributed by atoms with Gasteiger partial charge in [0, 0.05) is 12.6 Å². The Morgan fingerprint density at radius 1 is 1.28 bits per heavy atom. The van der Waals surface area contributed by atoms with Gasteiger partial charge in [0.2, 0.25) is 0 Å². The van der Waals surface area contributed by atoms with Crippen LogP contribution in [0.5, 0.6) is 0 Å². The van der Waals surface area contributed by atoms with Crippen molar-refractivity contribution in [3.05, 3.63) is 35.4 Å². The Bertz CT molecular complexity index is 371. The van der Waals surface area contributed by atoms with Crippen LogP contribution < -0.4 is 5.32 Å². The summed E-state index contributed by atoms with van der Waals surface area (Å²) >= 11 is 0. The molecule has 102 valence electrons. The minimum absolute atomic E-state index is 0.0220. The molecule has 1 N–H and O–H groups in total. The van der Waals surface area contributed by atoms with Gasteiger partial charge in [-0.05, 0) is 38.4 Å². The maximum absolute atomic E-state index is 13.6. The summed E-state index contributed by atoms with van der Waals surface area (Å²) in [5, 5.41) is 3.25. The van der Waals surface area contributed by atoms with Crippen molar-refractivity contribution in [1.29, 1.82) is 0 Å². The second kappa shape index (κ2) is 7.44. The maximum atomic E-state index is 13.6. The van der Waals surface area contributed by atoms with E-state index in [9.17, 15) is 8.78 Å². The van der Waals surface area contributed by atoms with Crippen LogP contribution in [0.2, 0.25) is 0 Å². The quantitative estimate of drug-likeness (QED) is 0.811. The second-order valence-electron chi connectivity index (χ2n) is 4.24. The molecule has 0 aliphatic carbocycles. The van der Waals surface area contributed by atoms with Crippen LogP contribution in [0, 0.1) is 11.6 Å². The van der Waals surface area contributed by atoms with Gasteiger partial charge in [-0.25, -0.2) is 8.78 Å². The topological polar surface area (TPSA) is 21.3 Å². The number of nitrogens with one attached hydrogen (secondary N) is 1. The molecule has 2 atom stereocenters. The number of hydrogen-bond acceptors (Lipinski definition) is 2. The number of likely N-dealkylation sites (N-methyl/N-ethyl adjacent to an activating group) is 1. The summed E-state index contributed by atoms with van der Waals surface area (Å²) in [4.78, 5) is 0. The lowest BCUT2D eigenvalue weighted by molar-refractivity contribution is 0.0478. The number of ether oxygens (including phenoxy) is 1. The average Bonchev–Trinajstić information content (AvgIpc) is 2.34. The minimum atomic E-state index is -0.799. The Labute approximate surface area is 107 Å². The van der Waals surface area contributed by atoms with E-state index in [0.29, 0.717) is 18.6 Å². The Morgan fingerprint density at radius 3 is 2.61 bits per heavy atom. The molecule has 0 saturated carbocycles. The molecule has 2 nitrogen and oxygen atoms in total. The molecule has 2 unspecified atom stereocenters. The average molecular weight is 257 g/mol. The molecule has 0 amide bonds. The van der Waals surface area contributed by atoms with Crippen LogP contribution in [0.4, 0.5) is 8.78 Å². The van der Waals surface area contributed by atoms with Gasteiger partial charge < -0.3 is 10.1 Å². The molecule has 0 aromatic heterocycles. The van der Waals surface area contributed by atoms with E-state index in [4.69, 9.17) is 4.74 Å². The molecule has 4 heteroatoms. The highest BCUT2D eigenvalue weighted by molar-refractivity contribution is 5.20. The number of halogens is 2. The predicted octanol–water partition coefficient (Wildman–Crippen LogP) is 2.91. The molecule has 0 spiro atoms. The van der Waals surface area contributed by atoms with Gasteiger partial charge in [-0.3, -0.25) is 0 Å². The molecule has 1 rings (SSSR count). The number of rotatable bonds is 7. The van der Waals surface area contributed by atoms with E-state index in [0.717, 1.165) is 12.6 Å². The van der Waals surface area contributed by atoms with Crippen LogP contribution in [0.15, 0.2) is 18.2 Å². The van der Waals surface area contributed by atoms with Crippen molar-refractivity contribution >= 4 is 0 Å². The van der Waals surface area contributed by atoms with E-state index >= 15 is 0 Å². The first-order valence-electron chi connectivity index (χ1n) is 6.38. The van der Waals surface area contributed by atoms with Crippen LogP contribution in [0.25, 0.3) is 0 Å². The first-order chi connectivity index (χ1) is 8.60. The lowest BCUT2D eigenvalue weighted by Crippen LogP contribution is -2.41. The molecule has 0 bridgehead atoms. The van der Waals surface area contributed by atoms with Crippen LogP contribution in [-0.2, 0) is 11.2 Å². The van der Waals surface area contributed by atoms with Crippen molar-refractivity contribution in [3.8, 4) is 0 Å². The van der Waals surface area contributed by atoms with Gasteiger partial charge in [0.25, 0.3) is 0 Å². The normalized spacial score (nSPS) is 14.5. The van der Waals surface area contributed by atoms with Crippen molar-refractivity contribution in [3.63, 3.8) is 0 Å². The third kappa shape index (κ3) is 4.03. The van der Waals surface area contributed by atoms with Crippen molar-refractivity contribution < 1.29 is 13.5 Å². The molecule has 0 saturated heterocycles. The number of benzene rings is 1. The Hall–Kier alpha value is -1.00. The standard InChI is InChI=1S/C14H21F2NO/c1-4-17-13(10(3)18-5-2)9-11-7-6-8-12(15)14(11)16/h6-8,10,13,17H,4-5,9H2,1-3H3. The fraction of sp³-hybridized carbons (Fsp3) is 0.571. The molecule has 0 aliphatic rings. The van der Waals surface area contributed by atoms with Crippen LogP contribution in [0.1, 0.15) is 26.3 Å². The Balaban J connectivity index is 2.79. The lowest BCUT2D eigenvalue weighted by atomic mass is 10.0. The molecular formula is C14H21F2NO. The highest BCUT2D eigenvalue weighted by atomic mass is 19.2. The van der Waals surface area contributed by atoms with E-state index in [1.165, 1.54) is 6.07 Å². The van der Waals surface area contributed by atoms with Gasteiger partial charge in [-0.15, -0.1) is 0 Å². The first-order valence-corrected chi connectivity index (χ1v) is 6.38. The summed E-state index contributed by atoms with van der Waals surface area (Å²) in [6.45, 7) is 7.21. The Morgan fingerprint density at radius 2 is 2.00 bits per heavy atom. The zero-order chi connectivity index (χ0) is 13.5. The minimum Gasteiger partial charge on any atom is -0.377 e. The van der Waals surface area contributed by atoms with E-state index in [-0.39, 0.29) is 12.1 Å². The van der Waals surface area contributed by atoms with Crippen LogP contribution in [0.3, 0.4) is 0 Å². The summed E-state index contributed by atoms with van der Waals surface area (Å²) in [5.41, 5.74) is 0.382. The van der Waals surface area contributed by atoms with E-state index < -0.39 is 11.6 Å². The van der Waals surface area contributed by atoms with Crippen LogP contribution in [-0.4, -0.2) is 25.3 Å². The molecule has 18 heavy (non-hydrogen) atoms. The van der Waals surface area contributed by atoms with Gasteiger partial charge in [0.1, 0.15) is 0 Å². The monoisotopic (exact) mass is 257 g/mol. The third-order valence-corrected chi connectivity index (χ3v) is 2.93. The van der Waals surface area contributed by atoms with Gasteiger partial charge in [0.15, 0.2) is 11.6 Å². The smallest absolute Gasteiger partial charge is 0.162 e. The van der Waals surface area contributed by atoms with E-state index in [1.54, 1.807) is 6.07 Å². The van der Waals surface area contributed by atoms with Gasteiger partial charge in [-0.2, -0.15) is 0 Å². The predicted molar refractivity (Wildman–Crippen MR) is 68.6 cm³/mol. The van der Waals surface area contributed by atoms with Crippen LogP contribution >= 0.6 is 0 Å². The fourth-order valence-electron chi connectivity index (χ4n) is 1.99. The largest absolute Gasteiger partial charge is 0.377 e. The maximum Gasteiger partial charge on any atom is 0.162 e. The van der Waals surface area contributed by atoms with Crippen molar-refractivity contribution in [2.45, 2.75) is 39.3 Å². The van der Waals surface area contributed by atoms with Crippen molar-refractivity contribution in [1.82, 2.24) is 5.32 Å². The SMILES string of the molecule is CCNC(Cc1cccc(F)c1F)C(C)OCC. The van der Waals surface area contributed by atoms with Gasteiger partial charge in [0.05, 0.1) is 6.10 Å². The van der Waals surface area contributed by atoms with Gasteiger partial charge in [-0.1, -0.05) is 19.1 Å².